The van der Waals surface area contributed by atoms with E-state index >= 15 is 0 Å². The van der Waals surface area contributed by atoms with Gasteiger partial charge in [0.15, 0.2) is 0 Å². The van der Waals surface area contributed by atoms with Crippen molar-refractivity contribution in [3.8, 4) is 0 Å². The van der Waals surface area contributed by atoms with Gasteiger partial charge in [0, 0.05) is 6.54 Å². The van der Waals surface area contributed by atoms with E-state index in [2.05, 4.69) is 10.1 Å². The third-order valence-electron chi connectivity index (χ3n) is 2.85. The van der Waals surface area contributed by atoms with Crippen LogP contribution in [0.25, 0.3) is 0 Å². The third-order valence-corrected chi connectivity index (χ3v) is 2.85. The Morgan fingerprint density at radius 2 is 1.94 bits per heavy atom. The molecule has 1 aliphatic carbocycles. The molecular formula is C10H17F3N2O2. The number of nitrogens with two attached hydrogens (primary N) is 1. The maximum atomic E-state index is 11.8. The fraction of sp³-hybridized carbons (Fsp3) is 0.900. The maximum Gasteiger partial charge on any atom is 0.411 e. The van der Waals surface area contributed by atoms with E-state index in [9.17, 15) is 18.0 Å². The average molecular weight is 254 g/mol. The number of amides is 1. The van der Waals surface area contributed by atoms with E-state index < -0.39 is 30.8 Å². The summed E-state index contributed by atoms with van der Waals surface area (Å²) in [6, 6.07) is 0. The van der Waals surface area contributed by atoms with Crippen LogP contribution in [0.3, 0.4) is 0 Å². The number of carbonyl (C=O) groups excluding carboxylic acids is 1. The molecule has 0 aromatic heterocycles. The van der Waals surface area contributed by atoms with E-state index in [0.717, 1.165) is 25.7 Å². The van der Waals surface area contributed by atoms with Crippen LogP contribution in [0.15, 0.2) is 0 Å². The summed E-state index contributed by atoms with van der Waals surface area (Å²) in [6.45, 7) is -1.69. The Kier molecular flexibility index (Phi) is 4.76. The molecule has 3 N–H and O–H groups in total. The molecule has 100 valence electrons. The van der Waals surface area contributed by atoms with Gasteiger partial charge in [0.05, 0.1) is 5.54 Å². The largest absolute Gasteiger partial charge is 0.411 e. The van der Waals surface area contributed by atoms with Crippen molar-refractivity contribution < 1.29 is 22.7 Å². The van der Waals surface area contributed by atoms with E-state index in [1.807, 2.05) is 0 Å². The number of rotatable bonds is 5. The van der Waals surface area contributed by atoms with Crippen molar-refractivity contribution in [1.82, 2.24) is 5.32 Å². The smallest absolute Gasteiger partial charge is 0.362 e. The number of hydrogen-bond donors (Lipinski definition) is 2. The zero-order valence-electron chi connectivity index (χ0n) is 9.48. The molecule has 0 unspecified atom stereocenters. The molecule has 1 saturated carbocycles. The summed E-state index contributed by atoms with van der Waals surface area (Å²) in [5.74, 6) is -0.540. The number of alkyl halides is 3. The van der Waals surface area contributed by atoms with Gasteiger partial charge in [-0.05, 0) is 12.8 Å². The Balaban J connectivity index is 2.29. The lowest BCUT2D eigenvalue weighted by molar-refractivity contribution is -0.176. The highest BCUT2D eigenvalue weighted by molar-refractivity contribution is 5.78. The minimum atomic E-state index is -4.40. The van der Waals surface area contributed by atoms with Gasteiger partial charge in [-0.25, -0.2) is 0 Å². The molecule has 7 heteroatoms. The summed E-state index contributed by atoms with van der Waals surface area (Å²) in [5.41, 5.74) is 5.13. The standard InChI is InChI=1S/C10H17F3N2O2/c11-10(12,13)7-17-5-8(16)15-9(6-14)3-1-2-4-9/h1-7,14H2,(H,15,16). The maximum absolute atomic E-state index is 11.8. The highest BCUT2D eigenvalue weighted by atomic mass is 19.4. The Morgan fingerprint density at radius 3 is 2.41 bits per heavy atom. The van der Waals surface area contributed by atoms with Crippen molar-refractivity contribution in [2.45, 2.75) is 37.4 Å². The lowest BCUT2D eigenvalue weighted by Crippen LogP contribution is -2.52. The van der Waals surface area contributed by atoms with Crippen LogP contribution in [0.4, 0.5) is 13.2 Å². The molecule has 0 heterocycles. The first-order valence-corrected chi connectivity index (χ1v) is 5.52. The molecule has 1 rings (SSSR count). The molecule has 0 saturated heterocycles. The number of hydrogen-bond acceptors (Lipinski definition) is 3. The monoisotopic (exact) mass is 254 g/mol. The molecule has 1 amide bonds. The SMILES string of the molecule is NCC1(NC(=O)COCC(F)(F)F)CCCC1. The molecule has 1 aliphatic rings. The summed E-state index contributed by atoms with van der Waals surface area (Å²) in [6.07, 6.45) is -0.913. The molecule has 0 atom stereocenters. The second kappa shape index (κ2) is 5.68. The second-order valence-electron chi connectivity index (χ2n) is 4.35. The van der Waals surface area contributed by atoms with Crippen molar-refractivity contribution in [2.24, 2.45) is 5.73 Å². The fourth-order valence-corrected chi connectivity index (χ4v) is 2.02. The first-order valence-electron chi connectivity index (χ1n) is 5.52. The van der Waals surface area contributed by atoms with Gasteiger partial charge in [0.25, 0.3) is 0 Å². The first-order chi connectivity index (χ1) is 7.87. The van der Waals surface area contributed by atoms with Crippen LogP contribution in [-0.2, 0) is 9.53 Å². The van der Waals surface area contributed by atoms with Gasteiger partial charge in [-0.1, -0.05) is 12.8 Å². The van der Waals surface area contributed by atoms with Crippen LogP contribution >= 0.6 is 0 Å². The number of carbonyl (C=O) groups is 1. The van der Waals surface area contributed by atoms with Gasteiger partial charge in [-0.3, -0.25) is 4.79 Å². The molecule has 0 aliphatic heterocycles. The normalized spacial score (nSPS) is 19.3. The molecule has 0 aromatic carbocycles. The van der Waals surface area contributed by atoms with E-state index in [1.54, 1.807) is 0 Å². The zero-order valence-corrected chi connectivity index (χ0v) is 9.48. The molecular weight excluding hydrogens is 237 g/mol. The van der Waals surface area contributed by atoms with Crippen LogP contribution in [0.1, 0.15) is 25.7 Å². The van der Waals surface area contributed by atoms with E-state index in [0.29, 0.717) is 6.54 Å². The number of halogens is 3. The zero-order chi connectivity index (χ0) is 12.9. The van der Waals surface area contributed by atoms with Gasteiger partial charge in [0.2, 0.25) is 5.91 Å². The van der Waals surface area contributed by atoms with E-state index in [1.165, 1.54) is 0 Å². The van der Waals surface area contributed by atoms with Gasteiger partial charge in [0.1, 0.15) is 13.2 Å². The molecule has 4 nitrogen and oxygen atoms in total. The van der Waals surface area contributed by atoms with Crippen molar-refractivity contribution in [1.29, 1.82) is 0 Å². The van der Waals surface area contributed by atoms with Crippen molar-refractivity contribution >= 4 is 5.91 Å². The predicted molar refractivity (Wildman–Crippen MR) is 55.3 cm³/mol. The van der Waals surface area contributed by atoms with Gasteiger partial charge in [-0.15, -0.1) is 0 Å². The summed E-state index contributed by atoms with van der Waals surface area (Å²) in [5, 5.41) is 2.67. The van der Waals surface area contributed by atoms with E-state index in [-0.39, 0.29) is 0 Å². The average Bonchev–Trinajstić information content (AvgIpc) is 2.65. The van der Waals surface area contributed by atoms with Crippen LogP contribution in [-0.4, -0.2) is 37.4 Å². The predicted octanol–water partition coefficient (Wildman–Crippen LogP) is 0.953. The molecule has 0 bridgehead atoms. The van der Waals surface area contributed by atoms with Crippen molar-refractivity contribution in [2.75, 3.05) is 19.8 Å². The minimum Gasteiger partial charge on any atom is -0.362 e. The summed E-state index contributed by atoms with van der Waals surface area (Å²) in [7, 11) is 0. The highest BCUT2D eigenvalue weighted by Gasteiger charge is 2.34. The number of ether oxygens (including phenoxy) is 1. The Morgan fingerprint density at radius 1 is 1.35 bits per heavy atom. The Hall–Kier alpha value is -0.820. The molecule has 0 spiro atoms. The minimum absolute atomic E-state index is 0.304. The second-order valence-corrected chi connectivity index (χ2v) is 4.35. The van der Waals surface area contributed by atoms with Crippen molar-refractivity contribution in [3.63, 3.8) is 0 Å². The van der Waals surface area contributed by atoms with Gasteiger partial charge >= 0.3 is 6.18 Å². The van der Waals surface area contributed by atoms with Crippen LogP contribution in [0, 0.1) is 0 Å². The van der Waals surface area contributed by atoms with E-state index in [4.69, 9.17) is 5.73 Å². The first kappa shape index (κ1) is 14.2. The van der Waals surface area contributed by atoms with Gasteiger partial charge < -0.3 is 15.8 Å². The van der Waals surface area contributed by atoms with Crippen molar-refractivity contribution in [3.05, 3.63) is 0 Å². The van der Waals surface area contributed by atoms with Crippen LogP contribution in [0.2, 0.25) is 0 Å². The summed E-state index contributed by atoms with van der Waals surface area (Å²) in [4.78, 5) is 11.4. The quantitative estimate of drug-likeness (QED) is 0.768. The molecule has 17 heavy (non-hydrogen) atoms. The van der Waals surface area contributed by atoms with Crippen LogP contribution < -0.4 is 11.1 Å². The van der Waals surface area contributed by atoms with Crippen LogP contribution in [0.5, 0.6) is 0 Å². The Bertz CT molecular complexity index is 263. The lowest BCUT2D eigenvalue weighted by Gasteiger charge is -2.28. The molecule has 0 radical (unpaired) electrons. The summed E-state index contributed by atoms with van der Waals surface area (Å²) < 4.78 is 39.6. The third kappa shape index (κ3) is 4.91. The summed E-state index contributed by atoms with van der Waals surface area (Å²) >= 11 is 0. The topological polar surface area (TPSA) is 64.3 Å². The highest BCUT2D eigenvalue weighted by Crippen LogP contribution is 2.28. The Labute approximate surface area is 97.7 Å². The molecule has 1 fully saturated rings. The lowest BCUT2D eigenvalue weighted by atomic mass is 9.98. The molecule has 0 aromatic rings. The number of nitrogens with one attached hydrogen (secondary N) is 1. The van der Waals surface area contributed by atoms with Gasteiger partial charge in [-0.2, -0.15) is 13.2 Å². The fourth-order valence-electron chi connectivity index (χ4n) is 2.02.